The summed E-state index contributed by atoms with van der Waals surface area (Å²) >= 11 is 1.50. The van der Waals surface area contributed by atoms with Crippen LogP contribution in [0, 0.1) is 11.6 Å². The molecule has 0 aromatic heterocycles. The van der Waals surface area contributed by atoms with E-state index in [2.05, 4.69) is 4.99 Å². The monoisotopic (exact) mass is 374 g/mol. The van der Waals surface area contributed by atoms with Gasteiger partial charge in [0.1, 0.15) is 11.6 Å². The highest BCUT2D eigenvalue weighted by molar-refractivity contribution is 8.14. The largest absolute Gasteiger partial charge is 0.369 e. The Balaban J connectivity index is 1.85. The highest BCUT2D eigenvalue weighted by Crippen LogP contribution is 2.46. The molecule has 26 heavy (non-hydrogen) atoms. The fraction of sp³-hybridized carbons (Fsp3) is 0.350. The van der Waals surface area contributed by atoms with Crippen molar-refractivity contribution in [3.63, 3.8) is 0 Å². The van der Waals surface area contributed by atoms with Crippen LogP contribution in [0.5, 0.6) is 0 Å². The average molecular weight is 374 g/mol. The Labute approximate surface area is 155 Å². The van der Waals surface area contributed by atoms with E-state index in [0.29, 0.717) is 23.4 Å². The number of hydrogen-bond acceptors (Lipinski definition) is 4. The highest BCUT2D eigenvalue weighted by Gasteiger charge is 2.50. The second-order valence-electron chi connectivity index (χ2n) is 6.70. The molecule has 1 N–H and O–H groups in total. The molecule has 3 nitrogen and oxygen atoms in total. The predicted molar refractivity (Wildman–Crippen MR) is 100 cm³/mol. The smallest absolute Gasteiger partial charge is 0.161 e. The molecule has 0 bridgehead atoms. The third-order valence-electron chi connectivity index (χ3n) is 5.03. The third-order valence-corrected chi connectivity index (χ3v) is 6.21. The first-order chi connectivity index (χ1) is 12.6. The lowest BCUT2D eigenvalue weighted by atomic mass is 9.82. The molecule has 2 aromatic rings. The van der Waals surface area contributed by atoms with E-state index in [9.17, 15) is 13.9 Å². The second kappa shape index (κ2) is 7.00. The molecule has 6 heteroatoms. The Morgan fingerprint density at radius 2 is 1.85 bits per heavy atom. The first kappa shape index (κ1) is 17.5. The number of hydrogen-bond donors (Lipinski definition) is 1. The van der Waals surface area contributed by atoms with Gasteiger partial charge in [0.2, 0.25) is 0 Å². The fourth-order valence-corrected chi connectivity index (χ4v) is 5.02. The molecular formula is C20H20F2N2OS. The van der Waals surface area contributed by atoms with Crippen LogP contribution < -0.4 is 0 Å². The Morgan fingerprint density at radius 3 is 2.62 bits per heavy atom. The van der Waals surface area contributed by atoms with Gasteiger partial charge in [-0.05, 0) is 36.6 Å². The van der Waals surface area contributed by atoms with Crippen LogP contribution in [0.25, 0.3) is 0 Å². The topological polar surface area (TPSA) is 35.8 Å². The number of aliphatic imine (C=N–C) groups is 1. The summed E-state index contributed by atoms with van der Waals surface area (Å²) in [5.74, 6) is -0.976. The number of thioether (sulfide) groups is 1. The Bertz CT molecular complexity index is 827. The van der Waals surface area contributed by atoms with Crippen LogP contribution in [0.2, 0.25) is 0 Å². The van der Waals surface area contributed by atoms with Crippen molar-refractivity contribution >= 4 is 16.9 Å². The molecule has 0 amide bonds. The summed E-state index contributed by atoms with van der Waals surface area (Å²) in [7, 11) is 0. The van der Waals surface area contributed by atoms with Crippen LogP contribution in [0.3, 0.4) is 0 Å². The first-order valence-electron chi connectivity index (χ1n) is 8.77. The second-order valence-corrected chi connectivity index (χ2v) is 7.64. The van der Waals surface area contributed by atoms with Crippen molar-refractivity contribution in [3.05, 3.63) is 71.3 Å². The van der Waals surface area contributed by atoms with Gasteiger partial charge >= 0.3 is 0 Å². The van der Waals surface area contributed by atoms with Crippen LogP contribution in [0.4, 0.5) is 8.78 Å². The minimum absolute atomic E-state index is 0.356. The molecule has 0 spiro atoms. The van der Waals surface area contributed by atoms with Gasteiger partial charge in [0.05, 0.1) is 5.92 Å². The van der Waals surface area contributed by atoms with Gasteiger partial charge in [-0.25, -0.2) is 8.78 Å². The van der Waals surface area contributed by atoms with Crippen LogP contribution in [0.1, 0.15) is 29.9 Å². The van der Waals surface area contributed by atoms with E-state index in [1.807, 2.05) is 4.90 Å². The van der Waals surface area contributed by atoms with Gasteiger partial charge in [0.15, 0.2) is 10.9 Å². The van der Waals surface area contributed by atoms with Gasteiger partial charge in [-0.3, -0.25) is 4.99 Å². The number of benzene rings is 2. The summed E-state index contributed by atoms with van der Waals surface area (Å²) in [5, 5.41) is 12.5. The van der Waals surface area contributed by atoms with Gasteiger partial charge in [0.25, 0.3) is 0 Å². The van der Waals surface area contributed by atoms with E-state index in [-0.39, 0.29) is 11.6 Å². The van der Waals surface area contributed by atoms with Crippen LogP contribution >= 0.6 is 11.8 Å². The van der Waals surface area contributed by atoms with Crippen molar-refractivity contribution in [3.8, 4) is 0 Å². The van der Waals surface area contributed by atoms with Crippen molar-refractivity contribution < 1.29 is 13.9 Å². The van der Waals surface area contributed by atoms with E-state index in [1.165, 1.54) is 30.0 Å². The summed E-state index contributed by atoms with van der Waals surface area (Å²) < 4.78 is 28.1. The SMILES string of the molecule is OC1(C(c2ccc(F)cc2)c2ccccc2F)CSC2=NCCCCN21. The highest BCUT2D eigenvalue weighted by atomic mass is 32.2. The molecule has 1 saturated heterocycles. The molecule has 0 aliphatic carbocycles. The van der Waals surface area contributed by atoms with Crippen LogP contribution in [-0.2, 0) is 0 Å². The molecule has 1 fully saturated rings. The van der Waals surface area contributed by atoms with Crippen LogP contribution in [0.15, 0.2) is 53.5 Å². The first-order valence-corrected chi connectivity index (χ1v) is 9.75. The zero-order valence-electron chi connectivity index (χ0n) is 14.2. The lowest BCUT2D eigenvalue weighted by molar-refractivity contribution is -0.0559. The predicted octanol–water partition coefficient (Wildman–Crippen LogP) is 3.98. The minimum atomic E-state index is -1.31. The Morgan fingerprint density at radius 1 is 1.08 bits per heavy atom. The number of halogens is 2. The quantitative estimate of drug-likeness (QED) is 0.883. The van der Waals surface area contributed by atoms with Gasteiger partial charge in [-0.15, -0.1) is 0 Å². The van der Waals surface area contributed by atoms with Gasteiger partial charge in [-0.1, -0.05) is 42.1 Å². The molecule has 2 aromatic carbocycles. The van der Waals surface area contributed by atoms with E-state index in [0.717, 1.165) is 24.6 Å². The van der Waals surface area contributed by atoms with E-state index in [1.54, 1.807) is 30.3 Å². The number of fused-ring (bicyclic) bond motifs is 1. The summed E-state index contributed by atoms with van der Waals surface area (Å²) in [6, 6.07) is 12.4. The van der Waals surface area contributed by atoms with Crippen molar-refractivity contribution in [2.75, 3.05) is 18.8 Å². The summed E-state index contributed by atoms with van der Waals surface area (Å²) in [4.78, 5) is 6.49. The number of nitrogens with zero attached hydrogens (tertiary/aromatic N) is 2. The molecule has 136 valence electrons. The van der Waals surface area contributed by atoms with Crippen LogP contribution in [-0.4, -0.2) is 39.7 Å². The molecule has 0 radical (unpaired) electrons. The molecule has 2 unspecified atom stereocenters. The van der Waals surface area contributed by atoms with Gasteiger partial charge in [0, 0.05) is 24.4 Å². The molecular weight excluding hydrogens is 354 g/mol. The van der Waals surface area contributed by atoms with Crippen molar-refractivity contribution in [2.45, 2.75) is 24.5 Å². The molecule has 2 aliphatic rings. The zero-order valence-corrected chi connectivity index (χ0v) is 15.1. The molecule has 2 heterocycles. The lowest BCUT2D eigenvalue weighted by Crippen LogP contribution is -2.52. The molecule has 0 saturated carbocycles. The fourth-order valence-electron chi connectivity index (χ4n) is 3.77. The maximum atomic E-state index is 14.7. The Kier molecular flexibility index (Phi) is 4.71. The minimum Gasteiger partial charge on any atom is -0.369 e. The molecule has 2 atom stereocenters. The lowest BCUT2D eigenvalue weighted by Gasteiger charge is -2.40. The van der Waals surface area contributed by atoms with Gasteiger partial charge in [-0.2, -0.15) is 0 Å². The molecule has 2 aliphatic heterocycles. The Hall–Kier alpha value is -1.92. The number of amidine groups is 1. The van der Waals surface area contributed by atoms with Crippen molar-refractivity contribution in [2.24, 2.45) is 4.99 Å². The van der Waals surface area contributed by atoms with Gasteiger partial charge < -0.3 is 10.0 Å². The molecule has 4 rings (SSSR count). The van der Waals surface area contributed by atoms with E-state index in [4.69, 9.17) is 0 Å². The summed E-state index contributed by atoms with van der Waals surface area (Å²) in [6.07, 6.45) is 1.89. The standard InChI is InChI=1S/C20H20F2N2OS/c21-15-9-7-14(8-10-15)18(16-5-1-2-6-17(16)22)20(25)13-26-19-23-11-3-4-12-24(19)20/h1-2,5-10,18,25H,3-4,11-13H2. The average Bonchev–Trinajstić information content (AvgIpc) is 2.82. The zero-order chi connectivity index (χ0) is 18.1. The van der Waals surface area contributed by atoms with Crippen molar-refractivity contribution in [1.29, 1.82) is 0 Å². The summed E-state index contributed by atoms with van der Waals surface area (Å²) in [5.41, 5.74) is -0.216. The summed E-state index contributed by atoms with van der Waals surface area (Å²) in [6.45, 7) is 1.42. The van der Waals surface area contributed by atoms with E-state index >= 15 is 0 Å². The third kappa shape index (κ3) is 3.01. The maximum absolute atomic E-state index is 14.7. The van der Waals surface area contributed by atoms with Crippen molar-refractivity contribution in [1.82, 2.24) is 4.90 Å². The van der Waals surface area contributed by atoms with E-state index < -0.39 is 11.6 Å². The number of rotatable bonds is 3. The normalized spacial score (nSPS) is 24.0. The maximum Gasteiger partial charge on any atom is 0.161 e. The number of aliphatic hydroxyl groups is 1.